The predicted molar refractivity (Wildman–Crippen MR) is 176 cm³/mol. The highest BCUT2D eigenvalue weighted by Crippen LogP contribution is 2.64. The van der Waals surface area contributed by atoms with Crippen LogP contribution in [-0.4, -0.2) is 94.6 Å². The lowest BCUT2D eigenvalue weighted by atomic mass is 9.78. The fourth-order valence-electron chi connectivity index (χ4n) is 4.87. The minimum absolute atomic E-state index is 0.361. The molecule has 0 aromatic heterocycles. The first-order valence-electron chi connectivity index (χ1n) is 17.7. The molecule has 0 rings (SSSR count). The molecule has 0 aromatic rings. The highest BCUT2D eigenvalue weighted by Gasteiger charge is 2.92. The van der Waals surface area contributed by atoms with Crippen molar-refractivity contribution in [3.05, 3.63) is 0 Å². The Balaban J connectivity index is -0.00000444. The van der Waals surface area contributed by atoms with E-state index in [4.69, 9.17) is 0 Å². The molecule has 61 heavy (non-hydrogen) atoms. The molecule has 4 unspecified atom stereocenters. The van der Waals surface area contributed by atoms with E-state index in [2.05, 4.69) is 12.6 Å². The molecule has 0 aliphatic carbocycles. The molecule has 0 heterocycles. The van der Waals surface area contributed by atoms with Gasteiger partial charge in [0.2, 0.25) is 5.67 Å². The van der Waals surface area contributed by atoms with Crippen LogP contribution in [0.2, 0.25) is 0 Å². The average Bonchev–Trinajstić information content (AvgIpc) is 3.07. The minimum Gasteiger partial charge on any atom is -0.248 e. The Morgan fingerprint density at radius 3 is 1.00 bits per heavy atom. The van der Waals surface area contributed by atoms with E-state index in [1.54, 1.807) is 13.2 Å². The fraction of sp³-hybridized carbons (Fsp3) is 1.00. The molecular formula is C34H48F26S. The van der Waals surface area contributed by atoms with Crippen molar-refractivity contribution in [3.8, 4) is 0 Å². The van der Waals surface area contributed by atoms with Gasteiger partial charge in [0.1, 0.15) is 0 Å². The Bertz CT molecular complexity index is 1220. The minimum atomic E-state index is -7.99. The zero-order valence-electron chi connectivity index (χ0n) is 33.8. The molecule has 0 saturated heterocycles. The number of thiol groups is 1. The van der Waals surface area contributed by atoms with E-state index in [1.807, 2.05) is 6.92 Å². The van der Waals surface area contributed by atoms with Crippen LogP contribution in [0.3, 0.4) is 0 Å². The van der Waals surface area contributed by atoms with E-state index in [-0.39, 0.29) is 6.42 Å². The topological polar surface area (TPSA) is 0 Å². The standard InChI is InChI=1S/C29H35F25.C4H9F.CH4S/c1-15(11-7-9-13-17(4,31)22(39,40)27(49,50)24(43,44)18(5,32)23(41,42)19(6,33)34)12-8-10-14-20(35,36)25(45,46)28(51,52)29(53,54)26(47,48)21(37,38)16(2,3)30;1-3-4(2)5;1-2/h15H,7-14H2,1-6H3;4H,3H2,1-2H3;2H,1H3. The molecule has 0 nitrogen and oxygen atoms in total. The zero-order chi connectivity index (χ0) is 50.5. The first kappa shape index (κ1) is 63.8. The Kier molecular flexibility index (Phi) is 21.3. The van der Waals surface area contributed by atoms with Crippen LogP contribution in [0.1, 0.15) is 113 Å². The Morgan fingerprint density at radius 2 is 0.689 bits per heavy atom. The van der Waals surface area contributed by atoms with Crippen LogP contribution in [-0.2, 0) is 0 Å². The molecule has 4 atom stereocenters. The molecule has 0 radical (unpaired) electrons. The van der Waals surface area contributed by atoms with Gasteiger partial charge in [0, 0.05) is 13.3 Å². The van der Waals surface area contributed by atoms with Gasteiger partial charge in [0.25, 0.3) is 0 Å². The molecule has 0 bridgehead atoms. The first-order valence-corrected chi connectivity index (χ1v) is 18.6. The SMILES string of the molecule is CC(CCCCC(C)(F)C(F)(F)C(F)(F)C(F)(F)C(C)(F)C(F)(F)C(C)(F)F)CCCCC(F)(F)C(F)(F)C(F)(F)C(F)(F)C(F)(F)C(F)(F)C(C)(C)F.CCC(C)F.CS. The normalized spacial score (nSPS) is 17.9. The third-order valence-electron chi connectivity index (χ3n) is 9.55. The van der Waals surface area contributed by atoms with E-state index in [0.717, 1.165) is 6.92 Å². The van der Waals surface area contributed by atoms with Gasteiger partial charge in [-0.1, -0.05) is 46.0 Å². The summed E-state index contributed by atoms with van der Waals surface area (Å²) in [5.74, 6) is -79.1. The smallest absolute Gasteiger partial charge is 0.248 e. The number of alkyl halides is 26. The van der Waals surface area contributed by atoms with Crippen LogP contribution in [0, 0.1) is 5.92 Å². The van der Waals surface area contributed by atoms with Crippen LogP contribution in [0.15, 0.2) is 0 Å². The molecule has 0 fully saturated rings. The lowest BCUT2D eigenvalue weighted by molar-refractivity contribution is -0.433. The summed E-state index contributed by atoms with van der Waals surface area (Å²) in [4.78, 5) is 0. The number of hydrogen-bond acceptors (Lipinski definition) is 1. The largest absolute Gasteiger partial charge is 0.384 e. The Morgan fingerprint density at radius 1 is 0.393 bits per heavy atom. The third-order valence-corrected chi connectivity index (χ3v) is 9.55. The van der Waals surface area contributed by atoms with Gasteiger partial charge in [-0.25, -0.2) is 26.3 Å². The molecule has 372 valence electrons. The summed E-state index contributed by atoms with van der Waals surface area (Å²) >= 11 is 3.53. The third kappa shape index (κ3) is 12.1. The quantitative estimate of drug-likeness (QED) is 0.0589. The monoisotopic (exact) mass is 982 g/mol. The molecule has 0 spiro atoms. The maximum absolute atomic E-state index is 14.8. The van der Waals surface area contributed by atoms with Gasteiger partial charge in [0.15, 0.2) is 11.3 Å². The molecule has 0 N–H and O–H groups in total. The summed E-state index contributed by atoms with van der Waals surface area (Å²) in [6.45, 7) is 0.931. The summed E-state index contributed by atoms with van der Waals surface area (Å²) in [6, 6.07) is 0. The highest BCUT2D eigenvalue weighted by molar-refractivity contribution is 7.79. The predicted octanol–water partition coefficient (Wildman–Crippen LogP) is 16.3. The number of hydrogen-bond donors (Lipinski definition) is 1. The van der Waals surface area contributed by atoms with E-state index in [1.165, 1.54) is 0 Å². The molecule has 0 aliphatic rings. The van der Waals surface area contributed by atoms with Crippen LogP contribution < -0.4 is 0 Å². The molecule has 0 amide bonds. The molecule has 27 heteroatoms. The molecule has 0 aliphatic heterocycles. The van der Waals surface area contributed by atoms with Gasteiger partial charge < -0.3 is 0 Å². The van der Waals surface area contributed by atoms with Crippen LogP contribution in [0.5, 0.6) is 0 Å². The fourth-order valence-corrected chi connectivity index (χ4v) is 4.87. The summed E-state index contributed by atoms with van der Waals surface area (Å²) in [7, 11) is 0. The maximum Gasteiger partial charge on any atom is 0.384 e. The van der Waals surface area contributed by atoms with Crippen LogP contribution >= 0.6 is 12.6 Å². The van der Waals surface area contributed by atoms with Crippen molar-refractivity contribution in [2.45, 2.75) is 202 Å². The van der Waals surface area contributed by atoms with Gasteiger partial charge >= 0.3 is 65.1 Å². The van der Waals surface area contributed by atoms with Gasteiger partial charge in [-0.3, -0.25) is 0 Å². The lowest BCUT2D eigenvalue weighted by Crippen LogP contribution is -2.73. The summed E-state index contributed by atoms with van der Waals surface area (Å²) in [6.07, 6.45) is -6.96. The van der Waals surface area contributed by atoms with E-state index >= 15 is 0 Å². The van der Waals surface area contributed by atoms with E-state index in [9.17, 15) is 114 Å². The van der Waals surface area contributed by atoms with Gasteiger partial charge in [-0.05, 0) is 66.1 Å². The van der Waals surface area contributed by atoms with Gasteiger partial charge in [0.05, 0.1) is 6.17 Å². The van der Waals surface area contributed by atoms with Crippen molar-refractivity contribution in [2.24, 2.45) is 5.92 Å². The second kappa shape index (κ2) is 20.4. The van der Waals surface area contributed by atoms with Crippen LogP contribution in [0.4, 0.5) is 114 Å². The second-order valence-electron chi connectivity index (χ2n) is 15.2. The van der Waals surface area contributed by atoms with Crippen molar-refractivity contribution in [3.63, 3.8) is 0 Å². The van der Waals surface area contributed by atoms with E-state index in [0.29, 0.717) is 6.42 Å². The van der Waals surface area contributed by atoms with Gasteiger partial charge in [-0.15, -0.1) is 0 Å². The zero-order valence-corrected chi connectivity index (χ0v) is 34.7. The highest BCUT2D eigenvalue weighted by atomic mass is 32.1. The van der Waals surface area contributed by atoms with Gasteiger partial charge in [-0.2, -0.15) is 100 Å². The van der Waals surface area contributed by atoms with Crippen LogP contribution in [0.25, 0.3) is 0 Å². The second-order valence-corrected chi connectivity index (χ2v) is 15.2. The Hall–Kier alpha value is -1.47. The van der Waals surface area contributed by atoms with Crippen molar-refractivity contribution in [2.75, 3.05) is 6.26 Å². The number of rotatable bonds is 23. The first-order chi connectivity index (χ1) is 26.4. The van der Waals surface area contributed by atoms with E-state index < -0.39 is 174 Å². The molecule has 0 saturated carbocycles. The van der Waals surface area contributed by atoms with Crippen molar-refractivity contribution in [1.29, 1.82) is 0 Å². The van der Waals surface area contributed by atoms with Crippen molar-refractivity contribution in [1.82, 2.24) is 0 Å². The van der Waals surface area contributed by atoms with Crippen molar-refractivity contribution >= 4 is 12.6 Å². The summed E-state index contributed by atoms with van der Waals surface area (Å²) < 4.78 is 360. The average molecular weight is 983 g/mol. The number of unbranched alkanes of at least 4 members (excludes halogenated alkanes) is 2. The molecule has 0 aromatic carbocycles. The maximum atomic E-state index is 14.8. The number of halogens is 26. The summed E-state index contributed by atoms with van der Waals surface area (Å²) in [5, 5.41) is 0. The Labute approximate surface area is 340 Å². The summed E-state index contributed by atoms with van der Waals surface area (Å²) in [5.41, 5.74) is -16.0. The van der Waals surface area contributed by atoms with Crippen molar-refractivity contribution < 1.29 is 114 Å². The lowest BCUT2D eigenvalue weighted by Gasteiger charge is -2.45. The molecular weight excluding hydrogens is 934 g/mol.